The maximum absolute atomic E-state index is 11.7. The molecule has 2 rings (SSSR count). The molecule has 0 saturated carbocycles. The second-order valence-corrected chi connectivity index (χ2v) is 5.17. The summed E-state index contributed by atoms with van der Waals surface area (Å²) in [6, 6.07) is 0. The van der Waals surface area contributed by atoms with E-state index in [0.717, 1.165) is 10.6 Å². The van der Waals surface area contributed by atoms with Gasteiger partial charge in [0, 0.05) is 29.6 Å². The zero-order valence-electron chi connectivity index (χ0n) is 10.9. The molecule has 1 amide bonds. The molecule has 7 nitrogen and oxygen atoms in total. The summed E-state index contributed by atoms with van der Waals surface area (Å²) in [5.74, 6) is -0.260. The number of carbonyl (C=O) groups is 1. The van der Waals surface area contributed by atoms with Crippen LogP contribution in [0.2, 0.25) is 0 Å². The van der Waals surface area contributed by atoms with E-state index in [0.29, 0.717) is 13.0 Å². The molecule has 0 aliphatic heterocycles. The molecular formula is C12H14N4O3S. The zero-order valence-corrected chi connectivity index (χ0v) is 11.7. The van der Waals surface area contributed by atoms with Crippen molar-refractivity contribution >= 4 is 17.2 Å². The lowest BCUT2D eigenvalue weighted by Crippen LogP contribution is -2.31. The fourth-order valence-corrected chi connectivity index (χ4v) is 2.47. The van der Waals surface area contributed by atoms with Crippen LogP contribution in [0, 0.1) is 6.92 Å². The van der Waals surface area contributed by atoms with Crippen molar-refractivity contribution in [3.05, 3.63) is 48.7 Å². The third-order valence-electron chi connectivity index (χ3n) is 2.77. The predicted molar refractivity (Wildman–Crippen MR) is 75.0 cm³/mol. The van der Waals surface area contributed by atoms with E-state index in [9.17, 15) is 14.4 Å². The largest absolute Gasteiger partial charge is 0.355 e. The summed E-state index contributed by atoms with van der Waals surface area (Å²) in [6.45, 7) is 2.41. The molecule has 3 N–H and O–H groups in total. The number of rotatable bonds is 5. The summed E-state index contributed by atoms with van der Waals surface area (Å²) in [5, 5.41) is 2.73. The number of amides is 1. The maximum atomic E-state index is 11.7. The lowest BCUT2D eigenvalue weighted by molar-refractivity contribution is -0.120. The SMILES string of the molecule is Cc1ncsc1CCNC(=O)Cc1c[nH]c(=O)[nH]c1=O. The summed E-state index contributed by atoms with van der Waals surface area (Å²) in [4.78, 5) is 43.6. The van der Waals surface area contributed by atoms with Crippen molar-refractivity contribution in [2.45, 2.75) is 19.8 Å². The molecule has 8 heteroatoms. The van der Waals surface area contributed by atoms with E-state index in [1.807, 2.05) is 6.92 Å². The molecule has 0 unspecified atom stereocenters. The smallest absolute Gasteiger partial charge is 0.325 e. The van der Waals surface area contributed by atoms with E-state index in [4.69, 9.17) is 0 Å². The minimum Gasteiger partial charge on any atom is -0.355 e. The van der Waals surface area contributed by atoms with E-state index in [-0.39, 0.29) is 17.9 Å². The summed E-state index contributed by atoms with van der Waals surface area (Å²) >= 11 is 1.55. The number of carbonyl (C=O) groups excluding carboxylic acids is 1. The number of H-pyrrole nitrogens is 2. The number of aromatic amines is 2. The van der Waals surface area contributed by atoms with Crippen LogP contribution in [0.4, 0.5) is 0 Å². The van der Waals surface area contributed by atoms with E-state index >= 15 is 0 Å². The highest BCUT2D eigenvalue weighted by Crippen LogP contribution is 2.11. The third kappa shape index (κ3) is 3.64. The Morgan fingerprint density at radius 3 is 2.90 bits per heavy atom. The van der Waals surface area contributed by atoms with Crippen LogP contribution in [-0.4, -0.2) is 27.4 Å². The van der Waals surface area contributed by atoms with Crippen molar-refractivity contribution in [2.75, 3.05) is 6.54 Å². The molecule has 0 aromatic carbocycles. The Morgan fingerprint density at radius 2 is 2.25 bits per heavy atom. The molecule has 2 heterocycles. The van der Waals surface area contributed by atoms with Crippen molar-refractivity contribution in [1.82, 2.24) is 20.3 Å². The Kier molecular flexibility index (Phi) is 4.46. The van der Waals surface area contributed by atoms with Crippen LogP contribution in [0.3, 0.4) is 0 Å². The van der Waals surface area contributed by atoms with Gasteiger partial charge in [0.25, 0.3) is 5.56 Å². The average molecular weight is 294 g/mol. The van der Waals surface area contributed by atoms with Gasteiger partial charge in [-0.1, -0.05) is 0 Å². The first kappa shape index (κ1) is 14.2. The number of nitrogens with one attached hydrogen (secondary N) is 3. The molecule has 0 aliphatic carbocycles. The van der Waals surface area contributed by atoms with Crippen molar-refractivity contribution in [3.63, 3.8) is 0 Å². The summed E-state index contributed by atoms with van der Waals surface area (Å²) in [5.41, 5.74) is 1.85. The van der Waals surface area contributed by atoms with Gasteiger partial charge in [-0.2, -0.15) is 0 Å². The minimum absolute atomic E-state index is 0.0617. The molecule has 106 valence electrons. The topological polar surface area (TPSA) is 108 Å². The lowest BCUT2D eigenvalue weighted by atomic mass is 10.2. The van der Waals surface area contributed by atoms with Gasteiger partial charge < -0.3 is 10.3 Å². The standard InChI is InChI=1S/C12H14N4O3S/c1-7-9(20-6-15-7)2-3-13-10(17)4-8-5-14-12(19)16-11(8)18/h5-6H,2-4H2,1H3,(H,13,17)(H2,14,16,18,19). The van der Waals surface area contributed by atoms with Crippen molar-refractivity contribution < 1.29 is 4.79 Å². The molecule has 0 spiro atoms. The van der Waals surface area contributed by atoms with E-state index < -0.39 is 11.2 Å². The van der Waals surface area contributed by atoms with Gasteiger partial charge >= 0.3 is 5.69 Å². The third-order valence-corrected chi connectivity index (χ3v) is 3.76. The van der Waals surface area contributed by atoms with E-state index in [1.54, 1.807) is 16.8 Å². The van der Waals surface area contributed by atoms with Crippen LogP contribution in [-0.2, 0) is 17.6 Å². The monoisotopic (exact) mass is 294 g/mol. The first-order chi connectivity index (χ1) is 9.56. The molecule has 2 aromatic rings. The minimum atomic E-state index is -0.583. The fraction of sp³-hybridized carbons (Fsp3) is 0.333. The molecule has 20 heavy (non-hydrogen) atoms. The Morgan fingerprint density at radius 1 is 1.45 bits per heavy atom. The zero-order chi connectivity index (χ0) is 14.5. The Bertz CT molecular complexity index is 716. The average Bonchev–Trinajstić information content (AvgIpc) is 2.79. The van der Waals surface area contributed by atoms with Crippen LogP contribution in [0.5, 0.6) is 0 Å². The van der Waals surface area contributed by atoms with Gasteiger partial charge in [0.15, 0.2) is 0 Å². The van der Waals surface area contributed by atoms with E-state index in [1.165, 1.54) is 6.20 Å². The Labute approximate surface area is 118 Å². The Balaban J connectivity index is 1.85. The lowest BCUT2D eigenvalue weighted by Gasteiger charge is -2.04. The molecular weight excluding hydrogens is 280 g/mol. The van der Waals surface area contributed by atoms with Crippen LogP contribution in [0.15, 0.2) is 21.3 Å². The normalized spacial score (nSPS) is 10.4. The number of nitrogens with zero attached hydrogens (tertiary/aromatic N) is 1. The second kappa shape index (κ2) is 6.29. The number of hydrogen-bond donors (Lipinski definition) is 3. The number of aryl methyl sites for hydroxylation is 1. The van der Waals surface area contributed by atoms with Gasteiger partial charge in [-0.25, -0.2) is 9.78 Å². The van der Waals surface area contributed by atoms with Crippen LogP contribution in [0.25, 0.3) is 0 Å². The molecule has 0 atom stereocenters. The van der Waals surface area contributed by atoms with Crippen LogP contribution < -0.4 is 16.6 Å². The second-order valence-electron chi connectivity index (χ2n) is 4.23. The van der Waals surface area contributed by atoms with Gasteiger partial charge in [-0.15, -0.1) is 11.3 Å². The van der Waals surface area contributed by atoms with Gasteiger partial charge in [-0.05, 0) is 6.92 Å². The fourth-order valence-electron chi connectivity index (χ4n) is 1.69. The highest BCUT2D eigenvalue weighted by Gasteiger charge is 2.08. The predicted octanol–water partition coefficient (Wildman–Crippen LogP) is -0.270. The molecule has 2 aromatic heterocycles. The summed E-state index contributed by atoms with van der Waals surface area (Å²) in [6.07, 6.45) is 1.91. The maximum Gasteiger partial charge on any atom is 0.325 e. The first-order valence-electron chi connectivity index (χ1n) is 6.03. The molecule has 0 bridgehead atoms. The Hall–Kier alpha value is -2.22. The van der Waals surface area contributed by atoms with Gasteiger partial charge in [-0.3, -0.25) is 14.6 Å². The number of aromatic nitrogens is 3. The number of thiazole rings is 1. The van der Waals surface area contributed by atoms with E-state index in [2.05, 4.69) is 20.3 Å². The molecule has 0 aliphatic rings. The first-order valence-corrected chi connectivity index (χ1v) is 6.91. The molecule has 0 saturated heterocycles. The van der Waals surface area contributed by atoms with Gasteiger partial charge in [0.05, 0.1) is 17.6 Å². The van der Waals surface area contributed by atoms with Crippen molar-refractivity contribution in [1.29, 1.82) is 0 Å². The van der Waals surface area contributed by atoms with Crippen molar-refractivity contribution in [2.24, 2.45) is 0 Å². The van der Waals surface area contributed by atoms with Crippen molar-refractivity contribution in [3.8, 4) is 0 Å². The molecule has 0 fully saturated rings. The van der Waals surface area contributed by atoms with Gasteiger partial charge in [0.1, 0.15) is 0 Å². The summed E-state index contributed by atoms with van der Waals surface area (Å²) < 4.78 is 0. The highest BCUT2D eigenvalue weighted by molar-refractivity contribution is 7.09. The molecule has 0 radical (unpaired) electrons. The van der Waals surface area contributed by atoms with Crippen LogP contribution >= 0.6 is 11.3 Å². The quantitative estimate of drug-likeness (QED) is 0.705. The number of hydrogen-bond acceptors (Lipinski definition) is 5. The van der Waals surface area contributed by atoms with Gasteiger partial charge in [0.2, 0.25) is 5.91 Å². The summed E-state index contributed by atoms with van der Waals surface area (Å²) in [7, 11) is 0. The van der Waals surface area contributed by atoms with Crippen LogP contribution in [0.1, 0.15) is 16.1 Å². The highest BCUT2D eigenvalue weighted by atomic mass is 32.1.